The Morgan fingerprint density at radius 1 is 0.963 bits per heavy atom. The number of amides is 1. The lowest BCUT2D eigenvalue weighted by Crippen LogP contribution is -2.46. The average molecular weight is 376 g/mol. The molecule has 1 fully saturated rings. The van der Waals surface area contributed by atoms with Crippen LogP contribution in [-0.4, -0.2) is 66.6 Å². The van der Waals surface area contributed by atoms with Crippen LogP contribution in [0.15, 0.2) is 24.3 Å². The zero-order chi connectivity index (χ0) is 19.3. The van der Waals surface area contributed by atoms with E-state index in [2.05, 4.69) is 22.0 Å². The van der Waals surface area contributed by atoms with E-state index in [4.69, 9.17) is 0 Å². The van der Waals surface area contributed by atoms with Gasteiger partial charge in [-0.05, 0) is 56.5 Å². The van der Waals surface area contributed by atoms with Gasteiger partial charge in [-0.1, -0.05) is 31.9 Å². The van der Waals surface area contributed by atoms with Gasteiger partial charge in [0.1, 0.15) is 5.75 Å². The minimum atomic E-state index is 0.151. The number of carbonyl (C=O) groups is 1. The van der Waals surface area contributed by atoms with Crippen LogP contribution in [0.4, 0.5) is 0 Å². The molecule has 5 heteroatoms. The SMILES string of the molecule is CCCCN1CCN(CCCCCC(=O)NCCc2ccc(O)cc2)CC1. The van der Waals surface area contributed by atoms with Gasteiger partial charge >= 0.3 is 0 Å². The Morgan fingerprint density at radius 2 is 1.59 bits per heavy atom. The molecule has 1 saturated heterocycles. The third kappa shape index (κ3) is 9.25. The van der Waals surface area contributed by atoms with Crippen molar-refractivity contribution in [2.75, 3.05) is 45.8 Å². The molecule has 0 spiro atoms. The van der Waals surface area contributed by atoms with Crippen molar-refractivity contribution in [3.8, 4) is 5.75 Å². The van der Waals surface area contributed by atoms with Gasteiger partial charge in [0.25, 0.3) is 0 Å². The van der Waals surface area contributed by atoms with Crippen LogP contribution in [0.1, 0.15) is 51.0 Å². The summed E-state index contributed by atoms with van der Waals surface area (Å²) in [7, 11) is 0. The summed E-state index contributed by atoms with van der Waals surface area (Å²) in [6.07, 6.45) is 7.32. The Kier molecular flexibility index (Phi) is 10.2. The second-order valence-electron chi connectivity index (χ2n) is 7.61. The summed E-state index contributed by atoms with van der Waals surface area (Å²) in [6.45, 7) is 10.2. The van der Waals surface area contributed by atoms with E-state index in [1.165, 1.54) is 58.5 Å². The average Bonchev–Trinajstić information content (AvgIpc) is 2.68. The molecule has 1 heterocycles. The largest absolute Gasteiger partial charge is 0.508 e. The van der Waals surface area contributed by atoms with E-state index < -0.39 is 0 Å². The standard InChI is InChI=1S/C22H37N3O2/c1-2-3-14-24-16-18-25(19-17-24)15-6-4-5-7-22(27)23-13-12-20-8-10-21(26)11-9-20/h8-11,26H,2-7,12-19H2,1H3,(H,23,27). The highest BCUT2D eigenvalue weighted by atomic mass is 16.3. The molecule has 0 radical (unpaired) electrons. The molecule has 2 rings (SSSR count). The topological polar surface area (TPSA) is 55.8 Å². The molecule has 1 amide bonds. The summed E-state index contributed by atoms with van der Waals surface area (Å²) in [5, 5.41) is 12.3. The van der Waals surface area contributed by atoms with Gasteiger partial charge in [0.15, 0.2) is 0 Å². The number of phenolic OH excluding ortho intramolecular Hbond substituents is 1. The minimum Gasteiger partial charge on any atom is -0.508 e. The molecule has 0 aromatic heterocycles. The van der Waals surface area contributed by atoms with Crippen LogP contribution in [0.3, 0.4) is 0 Å². The summed E-state index contributed by atoms with van der Waals surface area (Å²) < 4.78 is 0. The fourth-order valence-electron chi connectivity index (χ4n) is 3.51. The van der Waals surface area contributed by atoms with Crippen LogP contribution in [0.25, 0.3) is 0 Å². The maximum absolute atomic E-state index is 11.9. The Balaban J connectivity index is 1.43. The number of aromatic hydroxyl groups is 1. The number of nitrogens with one attached hydrogen (secondary N) is 1. The molecule has 0 bridgehead atoms. The molecule has 27 heavy (non-hydrogen) atoms. The maximum atomic E-state index is 11.9. The minimum absolute atomic E-state index is 0.151. The van der Waals surface area contributed by atoms with E-state index in [1.807, 2.05) is 12.1 Å². The van der Waals surface area contributed by atoms with Gasteiger partial charge < -0.3 is 20.2 Å². The summed E-state index contributed by atoms with van der Waals surface area (Å²) in [4.78, 5) is 17.1. The number of hydrogen-bond donors (Lipinski definition) is 2. The van der Waals surface area contributed by atoms with E-state index in [0.717, 1.165) is 24.8 Å². The summed E-state index contributed by atoms with van der Waals surface area (Å²) in [5.41, 5.74) is 1.13. The molecule has 152 valence electrons. The zero-order valence-corrected chi connectivity index (χ0v) is 17.0. The molecule has 1 aliphatic rings. The van der Waals surface area contributed by atoms with Crippen molar-refractivity contribution in [3.63, 3.8) is 0 Å². The van der Waals surface area contributed by atoms with E-state index in [9.17, 15) is 9.90 Å². The fraction of sp³-hybridized carbons (Fsp3) is 0.682. The van der Waals surface area contributed by atoms with Crippen molar-refractivity contribution in [2.24, 2.45) is 0 Å². The number of rotatable bonds is 12. The Labute approximate surface area is 164 Å². The Bertz CT molecular complexity index is 525. The lowest BCUT2D eigenvalue weighted by atomic mass is 10.1. The van der Waals surface area contributed by atoms with Crippen LogP contribution < -0.4 is 5.32 Å². The van der Waals surface area contributed by atoms with E-state index in [0.29, 0.717) is 13.0 Å². The van der Waals surface area contributed by atoms with Crippen LogP contribution in [0.5, 0.6) is 5.75 Å². The van der Waals surface area contributed by atoms with Crippen molar-refractivity contribution < 1.29 is 9.90 Å². The van der Waals surface area contributed by atoms with Crippen LogP contribution in [0, 0.1) is 0 Å². The molecular weight excluding hydrogens is 338 g/mol. The highest BCUT2D eigenvalue weighted by molar-refractivity contribution is 5.75. The van der Waals surface area contributed by atoms with Gasteiger partial charge in [-0.15, -0.1) is 0 Å². The van der Waals surface area contributed by atoms with Crippen molar-refractivity contribution >= 4 is 5.91 Å². The monoisotopic (exact) mass is 375 g/mol. The first kappa shape index (κ1) is 21.7. The molecule has 0 unspecified atom stereocenters. The number of hydrogen-bond acceptors (Lipinski definition) is 4. The quantitative estimate of drug-likeness (QED) is 0.552. The van der Waals surface area contributed by atoms with E-state index in [1.54, 1.807) is 12.1 Å². The molecule has 0 saturated carbocycles. The third-order valence-corrected chi connectivity index (χ3v) is 5.34. The Morgan fingerprint density at radius 3 is 2.22 bits per heavy atom. The maximum Gasteiger partial charge on any atom is 0.220 e. The van der Waals surface area contributed by atoms with Crippen molar-refractivity contribution in [1.82, 2.24) is 15.1 Å². The third-order valence-electron chi connectivity index (χ3n) is 5.34. The summed E-state index contributed by atoms with van der Waals surface area (Å²) in [5.74, 6) is 0.430. The van der Waals surface area contributed by atoms with Gasteiger partial charge in [0.2, 0.25) is 5.91 Å². The number of benzene rings is 1. The van der Waals surface area contributed by atoms with Gasteiger partial charge in [0.05, 0.1) is 0 Å². The molecule has 2 N–H and O–H groups in total. The van der Waals surface area contributed by atoms with Gasteiger partial charge in [-0.3, -0.25) is 4.79 Å². The number of phenols is 1. The zero-order valence-electron chi connectivity index (χ0n) is 17.0. The molecule has 0 atom stereocenters. The highest BCUT2D eigenvalue weighted by Crippen LogP contribution is 2.10. The van der Waals surface area contributed by atoms with Crippen molar-refractivity contribution in [1.29, 1.82) is 0 Å². The molecule has 0 aliphatic carbocycles. The van der Waals surface area contributed by atoms with Gasteiger partial charge in [-0.25, -0.2) is 0 Å². The first-order valence-electron chi connectivity index (χ1n) is 10.7. The number of unbranched alkanes of at least 4 members (excludes halogenated alkanes) is 3. The fourth-order valence-corrected chi connectivity index (χ4v) is 3.51. The number of carbonyl (C=O) groups excluding carboxylic acids is 1. The summed E-state index contributed by atoms with van der Waals surface area (Å²) >= 11 is 0. The predicted octanol–water partition coefficient (Wildman–Crippen LogP) is 3.03. The highest BCUT2D eigenvalue weighted by Gasteiger charge is 2.15. The second kappa shape index (κ2) is 12.7. The van der Waals surface area contributed by atoms with E-state index in [-0.39, 0.29) is 11.7 Å². The molecule has 5 nitrogen and oxygen atoms in total. The van der Waals surface area contributed by atoms with Crippen molar-refractivity contribution in [2.45, 2.75) is 51.9 Å². The predicted molar refractivity (Wildman–Crippen MR) is 111 cm³/mol. The molecule has 1 aliphatic heterocycles. The number of piperazine rings is 1. The normalized spacial score (nSPS) is 15.7. The molecular formula is C22H37N3O2. The lowest BCUT2D eigenvalue weighted by Gasteiger charge is -2.34. The van der Waals surface area contributed by atoms with Crippen LogP contribution >= 0.6 is 0 Å². The molecule has 1 aromatic carbocycles. The van der Waals surface area contributed by atoms with Crippen LogP contribution in [0.2, 0.25) is 0 Å². The molecule has 1 aromatic rings. The van der Waals surface area contributed by atoms with Crippen molar-refractivity contribution in [3.05, 3.63) is 29.8 Å². The first-order chi connectivity index (χ1) is 13.2. The van der Waals surface area contributed by atoms with Gasteiger partial charge in [-0.2, -0.15) is 0 Å². The smallest absolute Gasteiger partial charge is 0.220 e. The van der Waals surface area contributed by atoms with Crippen LogP contribution in [-0.2, 0) is 11.2 Å². The Hall–Kier alpha value is -1.59. The van der Waals surface area contributed by atoms with E-state index >= 15 is 0 Å². The number of nitrogens with zero attached hydrogens (tertiary/aromatic N) is 2. The van der Waals surface area contributed by atoms with Gasteiger partial charge in [0, 0.05) is 39.1 Å². The lowest BCUT2D eigenvalue weighted by molar-refractivity contribution is -0.121. The second-order valence-corrected chi connectivity index (χ2v) is 7.61. The summed E-state index contributed by atoms with van der Waals surface area (Å²) in [6, 6.07) is 7.15. The first-order valence-corrected chi connectivity index (χ1v) is 10.7.